The predicted octanol–water partition coefficient (Wildman–Crippen LogP) is 5.00. The molecule has 30 heavy (non-hydrogen) atoms. The lowest BCUT2D eigenvalue weighted by molar-refractivity contribution is 0.483. The highest BCUT2D eigenvalue weighted by Gasteiger charge is 2.10. The number of aryl methyl sites for hydroxylation is 2. The van der Waals surface area contributed by atoms with Gasteiger partial charge in [0.2, 0.25) is 0 Å². The van der Waals surface area contributed by atoms with Crippen LogP contribution in [0.2, 0.25) is 0 Å². The van der Waals surface area contributed by atoms with Crippen LogP contribution in [0.4, 0.5) is 0 Å². The molecule has 4 aromatic rings. The molecule has 5 heteroatoms. The van der Waals surface area contributed by atoms with Gasteiger partial charge in [0.05, 0.1) is 5.69 Å². The topological polar surface area (TPSA) is 52.0 Å². The van der Waals surface area contributed by atoms with Gasteiger partial charge >= 0.3 is 0 Å². The maximum atomic E-state index is 5.89. The normalized spacial score (nSPS) is 10.8. The number of benzene rings is 2. The standard InChI is InChI=1S/C25H26N4O/c1-29-19-22(18-27-16-6-8-20-7-5-15-26-17-20)25(28-29)21-11-13-24(14-12-21)30-23-9-3-2-4-10-23/h2-5,7,9-15,17,19,27H,6,8,16,18H2,1H3. The van der Waals surface area contributed by atoms with Crippen molar-refractivity contribution in [2.24, 2.45) is 7.05 Å². The third kappa shape index (κ3) is 5.33. The first kappa shape index (κ1) is 19.9. The van der Waals surface area contributed by atoms with Crippen molar-refractivity contribution in [1.82, 2.24) is 20.1 Å². The first-order valence-electron chi connectivity index (χ1n) is 10.2. The molecule has 2 aromatic heterocycles. The lowest BCUT2D eigenvalue weighted by atomic mass is 10.1. The van der Waals surface area contributed by atoms with Crippen molar-refractivity contribution in [3.63, 3.8) is 0 Å². The van der Waals surface area contributed by atoms with Crippen LogP contribution in [0.1, 0.15) is 17.5 Å². The highest BCUT2D eigenvalue weighted by molar-refractivity contribution is 5.63. The lowest BCUT2D eigenvalue weighted by Crippen LogP contribution is -2.15. The first-order chi connectivity index (χ1) is 14.8. The molecule has 0 aliphatic heterocycles. The molecule has 0 bridgehead atoms. The van der Waals surface area contributed by atoms with E-state index in [1.54, 1.807) is 0 Å². The third-order valence-electron chi connectivity index (χ3n) is 4.87. The van der Waals surface area contributed by atoms with Gasteiger partial charge in [-0.2, -0.15) is 5.10 Å². The van der Waals surface area contributed by atoms with Crippen molar-refractivity contribution in [3.05, 3.63) is 96.4 Å². The summed E-state index contributed by atoms with van der Waals surface area (Å²) in [6, 6.07) is 22.0. The summed E-state index contributed by atoms with van der Waals surface area (Å²) in [6.07, 6.45) is 7.94. The van der Waals surface area contributed by atoms with Gasteiger partial charge in [-0.3, -0.25) is 9.67 Å². The van der Waals surface area contributed by atoms with Crippen LogP contribution in [0.5, 0.6) is 11.5 Å². The van der Waals surface area contributed by atoms with Gasteiger partial charge in [0, 0.05) is 43.3 Å². The van der Waals surface area contributed by atoms with Gasteiger partial charge in [0.1, 0.15) is 11.5 Å². The predicted molar refractivity (Wildman–Crippen MR) is 119 cm³/mol. The Morgan fingerprint density at radius 2 is 1.73 bits per heavy atom. The van der Waals surface area contributed by atoms with E-state index in [9.17, 15) is 0 Å². The maximum absolute atomic E-state index is 5.89. The molecule has 0 unspecified atom stereocenters. The Balaban J connectivity index is 1.34. The highest BCUT2D eigenvalue weighted by Crippen LogP contribution is 2.27. The van der Waals surface area contributed by atoms with Gasteiger partial charge in [-0.05, 0) is 67.4 Å². The fourth-order valence-electron chi connectivity index (χ4n) is 3.40. The van der Waals surface area contributed by atoms with Crippen LogP contribution in [0, 0.1) is 0 Å². The van der Waals surface area contributed by atoms with Crippen molar-refractivity contribution in [1.29, 1.82) is 0 Å². The monoisotopic (exact) mass is 398 g/mol. The second-order valence-electron chi connectivity index (χ2n) is 7.26. The highest BCUT2D eigenvalue weighted by atomic mass is 16.5. The largest absolute Gasteiger partial charge is 0.457 e. The van der Waals surface area contributed by atoms with Crippen LogP contribution in [-0.2, 0) is 20.0 Å². The fourth-order valence-corrected chi connectivity index (χ4v) is 3.40. The molecule has 152 valence electrons. The van der Waals surface area contributed by atoms with E-state index in [0.717, 1.165) is 48.7 Å². The summed E-state index contributed by atoms with van der Waals surface area (Å²) in [6.45, 7) is 1.74. The van der Waals surface area contributed by atoms with Crippen LogP contribution in [0.15, 0.2) is 85.3 Å². The Hall–Kier alpha value is -3.44. The molecule has 0 fully saturated rings. The number of rotatable bonds is 9. The first-order valence-corrected chi connectivity index (χ1v) is 10.2. The Bertz CT molecular complexity index is 1040. The van der Waals surface area contributed by atoms with E-state index in [1.165, 1.54) is 11.1 Å². The summed E-state index contributed by atoms with van der Waals surface area (Å²) in [7, 11) is 1.96. The second-order valence-corrected chi connectivity index (χ2v) is 7.26. The number of nitrogens with zero attached hydrogens (tertiary/aromatic N) is 3. The molecule has 0 saturated carbocycles. The van der Waals surface area contributed by atoms with Crippen LogP contribution in [0.3, 0.4) is 0 Å². The summed E-state index contributed by atoms with van der Waals surface area (Å²) >= 11 is 0. The number of pyridine rings is 1. The number of hydrogen-bond acceptors (Lipinski definition) is 4. The van der Waals surface area contributed by atoms with Gasteiger partial charge in [0.25, 0.3) is 0 Å². The summed E-state index contributed by atoms with van der Waals surface area (Å²) in [5.74, 6) is 1.65. The zero-order chi connectivity index (χ0) is 20.6. The van der Waals surface area contributed by atoms with Crippen molar-refractivity contribution in [2.45, 2.75) is 19.4 Å². The third-order valence-corrected chi connectivity index (χ3v) is 4.87. The molecule has 4 rings (SSSR count). The van der Waals surface area contributed by atoms with Crippen molar-refractivity contribution >= 4 is 0 Å². The van der Waals surface area contributed by atoms with Crippen LogP contribution in [0.25, 0.3) is 11.3 Å². The van der Waals surface area contributed by atoms with E-state index >= 15 is 0 Å². The average Bonchev–Trinajstić information content (AvgIpc) is 3.16. The molecule has 0 amide bonds. The van der Waals surface area contributed by atoms with E-state index in [0.29, 0.717) is 0 Å². The fraction of sp³-hybridized carbons (Fsp3) is 0.200. The quantitative estimate of drug-likeness (QED) is 0.403. The molecule has 0 spiro atoms. The molecule has 0 aliphatic carbocycles. The molecule has 5 nitrogen and oxygen atoms in total. The van der Waals surface area contributed by atoms with E-state index in [2.05, 4.69) is 39.8 Å². The lowest BCUT2D eigenvalue weighted by Gasteiger charge is -2.08. The second kappa shape index (κ2) is 9.85. The minimum absolute atomic E-state index is 0.790. The Morgan fingerprint density at radius 1 is 0.933 bits per heavy atom. The molecule has 0 aliphatic rings. The Kier molecular flexibility index (Phi) is 6.52. The average molecular weight is 399 g/mol. The van der Waals surface area contributed by atoms with Gasteiger partial charge in [-0.15, -0.1) is 0 Å². The van der Waals surface area contributed by atoms with Crippen molar-refractivity contribution in [3.8, 4) is 22.8 Å². The summed E-state index contributed by atoms with van der Waals surface area (Å²) < 4.78 is 7.76. The summed E-state index contributed by atoms with van der Waals surface area (Å²) in [5.41, 5.74) is 4.56. The van der Waals surface area contributed by atoms with Crippen molar-refractivity contribution < 1.29 is 4.74 Å². The van der Waals surface area contributed by atoms with E-state index < -0.39 is 0 Å². The molecular weight excluding hydrogens is 372 g/mol. The summed E-state index contributed by atoms with van der Waals surface area (Å²) in [4.78, 5) is 4.17. The number of ether oxygens (including phenoxy) is 1. The summed E-state index contributed by atoms with van der Waals surface area (Å²) in [5, 5.41) is 8.21. The van der Waals surface area contributed by atoms with Gasteiger partial charge in [-0.25, -0.2) is 0 Å². The SMILES string of the molecule is Cn1cc(CNCCCc2cccnc2)c(-c2ccc(Oc3ccccc3)cc2)n1. The number of nitrogens with one attached hydrogen (secondary N) is 1. The van der Waals surface area contributed by atoms with Gasteiger partial charge in [0.15, 0.2) is 0 Å². The molecular formula is C25H26N4O. The molecule has 2 aromatic carbocycles. The van der Waals surface area contributed by atoms with E-state index in [1.807, 2.05) is 72.7 Å². The Morgan fingerprint density at radius 3 is 2.50 bits per heavy atom. The van der Waals surface area contributed by atoms with Crippen LogP contribution >= 0.6 is 0 Å². The van der Waals surface area contributed by atoms with E-state index in [-0.39, 0.29) is 0 Å². The van der Waals surface area contributed by atoms with Crippen LogP contribution in [-0.4, -0.2) is 21.3 Å². The zero-order valence-corrected chi connectivity index (χ0v) is 17.2. The zero-order valence-electron chi connectivity index (χ0n) is 17.2. The molecule has 2 heterocycles. The van der Waals surface area contributed by atoms with Gasteiger partial charge < -0.3 is 10.1 Å². The minimum atomic E-state index is 0.790. The van der Waals surface area contributed by atoms with E-state index in [4.69, 9.17) is 4.74 Å². The Labute approximate surface area is 177 Å². The molecule has 0 radical (unpaired) electrons. The maximum Gasteiger partial charge on any atom is 0.127 e. The minimum Gasteiger partial charge on any atom is -0.457 e. The van der Waals surface area contributed by atoms with Crippen molar-refractivity contribution in [2.75, 3.05) is 6.54 Å². The smallest absolute Gasteiger partial charge is 0.127 e. The molecule has 0 atom stereocenters. The number of aromatic nitrogens is 3. The number of hydrogen-bond donors (Lipinski definition) is 1. The molecule has 1 N–H and O–H groups in total. The molecule has 0 saturated heterocycles. The van der Waals surface area contributed by atoms with Gasteiger partial charge in [-0.1, -0.05) is 24.3 Å². The number of para-hydroxylation sites is 1. The van der Waals surface area contributed by atoms with Crippen LogP contribution < -0.4 is 10.1 Å².